The van der Waals surface area contributed by atoms with Crippen LogP contribution >= 0.6 is 15.9 Å². The molecule has 2 aromatic carbocycles. The molecule has 0 aromatic heterocycles. The fraction of sp³-hybridized carbons (Fsp3) is 0.350. The van der Waals surface area contributed by atoms with Crippen LogP contribution in [0.25, 0.3) is 0 Å². The Balaban J connectivity index is 0.000000417. The fourth-order valence-electron chi connectivity index (χ4n) is 2.53. The van der Waals surface area contributed by atoms with Crippen molar-refractivity contribution >= 4 is 27.5 Å². The Morgan fingerprint density at radius 2 is 1.88 bits per heavy atom. The third-order valence-electron chi connectivity index (χ3n) is 3.86. The molecule has 140 valence electrons. The highest BCUT2D eigenvalue weighted by Gasteiger charge is 2.10. The summed E-state index contributed by atoms with van der Waals surface area (Å²) >= 11 is 3.30. The Kier molecular flexibility index (Phi) is 7.94. The zero-order valence-electron chi connectivity index (χ0n) is 15.0. The van der Waals surface area contributed by atoms with E-state index in [9.17, 15) is 9.90 Å². The summed E-state index contributed by atoms with van der Waals surface area (Å²) < 4.78 is 10.7. The highest BCUT2D eigenvalue weighted by Crippen LogP contribution is 2.32. The van der Waals surface area contributed by atoms with Crippen molar-refractivity contribution in [2.45, 2.75) is 26.2 Å². The van der Waals surface area contributed by atoms with Gasteiger partial charge >= 0.3 is 0 Å². The van der Waals surface area contributed by atoms with Gasteiger partial charge in [-0.25, -0.2) is 0 Å². The molecule has 5 nitrogen and oxygen atoms in total. The van der Waals surface area contributed by atoms with E-state index in [1.165, 1.54) is 19.8 Å². The van der Waals surface area contributed by atoms with Gasteiger partial charge in [0.05, 0.1) is 11.6 Å². The fourth-order valence-corrected chi connectivity index (χ4v) is 2.92. The van der Waals surface area contributed by atoms with Crippen molar-refractivity contribution in [1.29, 1.82) is 0 Å². The molecule has 0 aliphatic carbocycles. The van der Waals surface area contributed by atoms with Crippen molar-refractivity contribution in [3.05, 3.63) is 52.0 Å². The van der Waals surface area contributed by atoms with Gasteiger partial charge in [0.15, 0.2) is 0 Å². The zero-order valence-corrected chi connectivity index (χ0v) is 16.6. The zero-order chi connectivity index (χ0) is 18.9. The van der Waals surface area contributed by atoms with E-state index in [0.29, 0.717) is 16.6 Å². The van der Waals surface area contributed by atoms with Gasteiger partial charge in [0.2, 0.25) is 5.91 Å². The lowest BCUT2D eigenvalue weighted by Gasteiger charge is -2.12. The quantitative estimate of drug-likeness (QED) is 0.761. The lowest BCUT2D eigenvalue weighted by atomic mass is 10.0. The van der Waals surface area contributed by atoms with E-state index >= 15 is 0 Å². The second-order valence-corrected chi connectivity index (χ2v) is 6.84. The summed E-state index contributed by atoms with van der Waals surface area (Å²) in [6.07, 6.45) is 3.19. The van der Waals surface area contributed by atoms with Crippen LogP contribution in [0.1, 0.15) is 30.9 Å². The van der Waals surface area contributed by atoms with Crippen LogP contribution in [-0.4, -0.2) is 31.3 Å². The number of phenolic OH excluding ortho intramolecular Hbond substituents is 1. The lowest BCUT2D eigenvalue weighted by Crippen LogP contribution is -2.08. The Labute approximate surface area is 162 Å². The number of phenols is 1. The van der Waals surface area contributed by atoms with Crippen molar-refractivity contribution in [2.75, 3.05) is 25.6 Å². The van der Waals surface area contributed by atoms with Crippen LogP contribution in [0.5, 0.6) is 11.5 Å². The predicted octanol–water partition coefficient (Wildman–Crippen LogP) is 4.51. The number of aromatic hydroxyl groups is 1. The van der Waals surface area contributed by atoms with E-state index in [1.54, 1.807) is 13.2 Å². The molecule has 1 heterocycles. The van der Waals surface area contributed by atoms with E-state index in [-0.39, 0.29) is 11.7 Å². The first kappa shape index (κ1) is 20.3. The van der Waals surface area contributed by atoms with E-state index < -0.39 is 0 Å². The molecule has 26 heavy (non-hydrogen) atoms. The summed E-state index contributed by atoms with van der Waals surface area (Å²) in [6.45, 7) is 3.44. The second-order valence-electron chi connectivity index (χ2n) is 5.99. The Hall–Kier alpha value is -2.05. The topological polar surface area (TPSA) is 67.8 Å². The molecule has 1 amide bonds. The number of amides is 1. The van der Waals surface area contributed by atoms with Crippen LogP contribution in [-0.2, 0) is 16.0 Å². The minimum absolute atomic E-state index is 0.0947. The first-order valence-electron chi connectivity index (χ1n) is 8.49. The number of nitrogens with one attached hydrogen (secondary N) is 1. The number of anilines is 1. The standard InChI is InChI=1S/C16H16BrNO3.C4H8O/c1-10(19)18-15-9-16(20)14(17)8-12(15)7-11-3-5-13(21-2)6-4-11;1-2-4-5-3-1/h3-6,8-9,20H,7H2,1-2H3,(H,18,19);1-4H2. The van der Waals surface area contributed by atoms with Crippen molar-refractivity contribution in [2.24, 2.45) is 0 Å². The normalized spacial score (nSPS) is 12.9. The third kappa shape index (κ3) is 6.35. The maximum atomic E-state index is 11.3. The molecule has 0 spiro atoms. The number of benzene rings is 2. The van der Waals surface area contributed by atoms with Crippen LogP contribution in [0, 0.1) is 0 Å². The molecule has 1 fully saturated rings. The van der Waals surface area contributed by atoms with Crippen LogP contribution in [0.4, 0.5) is 5.69 Å². The molecule has 2 N–H and O–H groups in total. The molecular formula is C20H24BrNO4. The maximum Gasteiger partial charge on any atom is 0.221 e. The van der Waals surface area contributed by atoms with Crippen LogP contribution in [0.2, 0.25) is 0 Å². The summed E-state index contributed by atoms with van der Waals surface area (Å²) in [5.74, 6) is 0.720. The highest BCUT2D eigenvalue weighted by atomic mass is 79.9. The number of ether oxygens (including phenoxy) is 2. The van der Waals surface area contributed by atoms with Crippen molar-refractivity contribution in [1.82, 2.24) is 0 Å². The maximum absolute atomic E-state index is 11.3. The molecule has 2 aromatic rings. The van der Waals surface area contributed by atoms with E-state index in [0.717, 1.165) is 30.1 Å². The number of halogens is 1. The molecule has 0 saturated carbocycles. The van der Waals surface area contributed by atoms with Gasteiger partial charge in [-0.15, -0.1) is 0 Å². The van der Waals surface area contributed by atoms with Gasteiger partial charge in [-0.1, -0.05) is 12.1 Å². The lowest BCUT2D eigenvalue weighted by molar-refractivity contribution is -0.114. The molecule has 0 atom stereocenters. The van der Waals surface area contributed by atoms with Crippen molar-refractivity contribution in [3.8, 4) is 11.5 Å². The Bertz CT molecular complexity index is 720. The highest BCUT2D eigenvalue weighted by molar-refractivity contribution is 9.10. The number of carbonyl (C=O) groups is 1. The van der Waals surface area contributed by atoms with Gasteiger partial charge < -0.3 is 19.9 Å². The third-order valence-corrected chi connectivity index (χ3v) is 4.50. The number of hydrogen-bond donors (Lipinski definition) is 2. The number of carbonyl (C=O) groups excluding carboxylic acids is 1. The molecule has 1 saturated heterocycles. The van der Waals surface area contributed by atoms with Gasteiger partial charge in [-0.05, 0) is 64.5 Å². The summed E-state index contributed by atoms with van der Waals surface area (Å²) in [5.41, 5.74) is 2.61. The van der Waals surface area contributed by atoms with E-state index in [2.05, 4.69) is 21.2 Å². The average molecular weight is 422 g/mol. The first-order chi connectivity index (χ1) is 12.5. The van der Waals surface area contributed by atoms with Gasteiger partial charge in [-0.3, -0.25) is 4.79 Å². The van der Waals surface area contributed by atoms with Gasteiger partial charge in [-0.2, -0.15) is 0 Å². The molecular weight excluding hydrogens is 398 g/mol. The largest absolute Gasteiger partial charge is 0.507 e. The van der Waals surface area contributed by atoms with Crippen molar-refractivity contribution < 1.29 is 19.4 Å². The summed E-state index contributed by atoms with van der Waals surface area (Å²) in [7, 11) is 1.63. The van der Waals surface area contributed by atoms with Gasteiger partial charge in [0, 0.05) is 31.9 Å². The number of hydrogen-bond acceptors (Lipinski definition) is 4. The summed E-state index contributed by atoms with van der Waals surface area (Å²) in [4.78, 5) is 11.3. The van der Waals surface area contributed by atoms with Crippen molar-refractivity contribution in [3.63, 3.8) is 0 Å². The first-order valence-corrected chi connectivity index (χ1v) is 9.28. The van der Waals surface area contributed by atoms with Crippen LogP contribution in [0.15, 0.2) is 40.9 Å². The molecule has 1 aliphatic rings. The number of methoxy groups -OCH3 is 1. The second kappa shape index (κ2) is 10.2. The molecule has 1 aliphatic heterocycles. The predicted molar refractivity (Wildman–Crippen MR) is 106 cm³/mol. The van der Waals surface area contributed by atoms with Crippen LogP contribution < -0.4 is 10.1 Å². The minimum Gasteiger partial charge on any atom is -0.507 e. The SMILES string of the molecule is C1CCOC1.COc1ccc(Cc2cc(Br)c(O)cc2NC(C)=O)cc1. The van der Waals surface area contributed by atoms with Gasteiger partial charge in [0.25, 0.3) is 0 Å². The van der Waals surface area contributed by atoms with Gasteiger partial charge in [0.1, 0.15) is 11.5 Å². The molecule has 0 unspecified atom stereocenters. The molecule has 6 heteroatoms. The summed E-state index contributed by atoms with van der Waals surface area (Å²) in [5, 5.41) is 12.5. The minimum atomic E-state index is -0.173. The molecule has 3 rings (SSSR count). The average Bonchev–Trinajstić information content (AvgIpc) is 3.19. The smallest absolute Gasteiger partial charge is 0.221 e. The van der Waals surface area contributed by atoms with E-state index in [4.69, 9.17) is 9.47 Å². The molecule has 0 bridgehead atoms. The Morgan fingerprint density at radius 3 is 2.38 bits per heavy atom. The number of rotatable bonds is 4. The molecule has 0 radical (unpaired) electrons. The van der Waals surface area contributed by atoms with E-state index in [1.807, 2.05) is 30.3 Å². The monoisotopic (exact) mass is 421 g/mol. The van der Waals surface area contributed by atoms with Crippen LogP contribution in [0.3, 0.4) is 0 Å². The Morgan fingerprint density at radius 1 is 1.23 bits per heavy atom. The summed E-state index contributed by atoms with van der Waals surface area (Å²) in [6, 6.07) is 11.1.